The molecule has 0 saturated carbocycles. The van der Waals surface area contributed by atoms with E-state index in [1.807, 2.05) is 77.1 Å². The van der Waals surface area contributed by atoms with Crippen LogP contribution in [0.1, 0.15) is 49.4 Å². The second-order valence-corrected chi connectivity index (χ2v) is 7.61. The van der Waals surface area contributed by atoms with Crippen molar-refractivity contribution in [3.05, 3.63) is 70.8 Å². The van der Waals surface area contributed by atoms with Gasteiger partial charge in [-0.2, -0.15) is 0 Å². The molecule has 0 saturated heterocycles. The van der Waals surface area contributed by atoms with Gasteiger partial charge in [0, 0.05) is 12.6 Å². The van der Waals surface area contributed by atoms with Crippen LogP contribution in [0.3, 0.4) is 0 Å². The number of aryl methyl sites for hydroxylation is 2. The van der Waals surface area contributed by atoms with E-state index in [0.29, 0.717) is 13.0 Å². The number of hydrogen-bond donors (Lipinski definition) is 1. The molecule has 0 radical (unpaired) electrons. The van der Waals surface area contributed by atoms with Crippen molar-refractivity contribution >= 4 is 11.8 Å². The first-order valence-corrected chi connectivity index (χ1v) is 10.0. The molecule has 0 unspecified atom stereocenters. The second-order valence-electron chi connectivity index (χ2n) is 7.61. The zero-order valence-electron chi connectivity index (χ0n) is 17.7. The van der Waals surface area contributed by atoms with E-state index >= 15 is 0 Å². The third kappa shape index (κ3) is 5.95. The van der Waals surface area contributed by atoms with Gasteiger partial charge in [0.1, 0.15) is 6.04 Å². The van der Waals surface area contributed by atoms with Gasteiger partial charge in [-0.15, -0.1) is 0 Å². The molecular formula is C24H32N2O2. The summed E-state index contributed by atoms with van der Waals surface area (Å²) in [4.78, 5) is 27.6. The maximum atomic E-state index is 13.2. The molecule has 0 heterocycles. The van der Waals surface area contributed by atoms with Gasteiger partial charge in [0.25, 0.3) is 0 Å². The highest BCUT2D eigenvalue weighted by molar-refractivity contribution is 5.88. The third-order valence-electron chi connectivity index (χ3n) is 5.21. The molecule has 2 amide bonds. The number of amides is 2. The first-order chi connectivity index (χ1) is 13.3. The Bertz CT molecular complexity index is 802. The standard InChI is InChI=1S/C24H32N2O2/c1-6-19(4)25-24(28)20(5)26(16-21-10-8-7-9-11-21)23(27)15-22-14-17(2)12-13-18(22)3/h7-14,19-20H,6,15-16H2,1-5H3,(H,25,28)/t19-,20+/m1/s1. The minimum Gasteiger partial charge on any atom is -0.352 e. The van der Waals surface area contributed by atoms with Crippen LogP contribution in [0.2, 0.25) is 0 Å². The molecule has 0 aliphatic carbocycles. The number of carbonyl (C=O) groups is 2. The molecule has 0 bridgehead atoms. The van der Waals surface area contributed by atoms with Crippen molar-refractivity contribution in [3.8, 4) is 0 Å². The molecular weight excluding hydrogens is 348 g/mol. The van der Waals surface area contributed by atoms with E-state index in [0.717, 1.165) is 28.7 Å². The highest BCUT2D eigenvalue weighted by Gasteiger charge is 2.27. The predicted octanol–water partition coefficient (Wildman–Crippen LogP) is 4.18. The van der Waals surface area contributed by atoms with E-state index in [9.17, 15) is 9.59 Å². The molecule has 0 aliphatic rings. The Morgan fingerprint density at radius 2 is 1.71 bits per heavy atom. The van der Waals surface area contributed by atoms with E-state index < -0.39 is 6.04 Å². The van der Waals surface area contributed by atoms with Gasteiger partial charge < -0.3 is 10.2 Å². The van der Waals surface area contributed by atoms with Crippen molar-refractivity contribution in [2.45, 2.75) is 66.1 Å². The van der Waals surface area contributed by atoms with Crippen LogP contribution >= 0.6 is 0 Å². The van der Waals surface area contributed by atoms with E-state index in [1.165, 1.54) is 0 Å². The van der Waals surface area contributed by atoms with Crippen molar-refractivity contribution in [3.63, 3.8) is 0 Å². The Labute approximate surface area is 169 Å². The first kappa shape index (κ1) is 21.7. The fourth-order valence-corrected chi connectivity index (χ4v) is 3.08. The summed E-state index contributed by atoms with van der Waals surface area (Å²) in [5.74, 6) is -0.149. The van der Waals surface area contributed by atoms with Gasteiger partial charge in [0.05, 0.1) is 6.42 Å². The number of nitrogens with zero attached hydrogens (tertiary/aromatic N) is 1. The highest BCUT2D eigenvalue weighted by atomic mass is 16.2. The quantitative estimate of drug-likeness (QED) is 0.747. The summed E-state index contributed by atoms with van der Waals surface area (Å²) in [7, 11) is 0. The number of carbonyl (C=O) groups excluding carboxylic acids is 2. The predicted molar refractivity (Wildman–Crippen MR) is 114 cm³/mol. The molecule has 4 nitrogen and oxygen atoms in total. The average molecular weight is 381 g/mol. The number of benzene rings is 2. The molecule has 0 fully saturated rings. The Balaban J connectivity index is 2.24. The lowest BCUT2D eigenvalue weighted by atomic mass is 10.0. The van der Waals surface area contributed by atoms with Crippen LogP contribution in [0.4, 0.5) is 0 Å². The van der Waals surface area contributed by atoms with Crippen LogP contribution in [-0.4, -0.2) is 28.8 Å². The maximum absolute atomic E-state index is 13.2. The summed E-state index contributed by atoms with van der Waals surface area (Å²) in [6.07, 6.45) is 1.15. The Kier molecular flexibility index (Phi) is 7.80. The minimum absolute atomic E-state index is 0.0376. The molecule has 0 spiro atoms. The summed E-state index contributed by atoms with van der Waals surface area (Å²) < 4.78 is 0. The lowest BCUT2D eigenvalue weighted by molar-refractivity contribution is -0.140. The van der Waals surface area contributed by atoms with Gasteiger partial charge in [-0.3, -0.25) is 9.59 Å². The molecule has 0 aliphatic heterocycles. The molecule has 2 aromatic rings. The molecule has 150 valence electrons. The summed E-state index contributed by atoms with van der Waals surface area (Å²) >= 11 is 0. The third-order valence-corrected chi connectivity index (χ3v) is 5.21. The largest absolute Gasteiger partial charge is 0.352 e. The average Bonchev–Trinajstić information content (AvgIpc) is 2.68. The van der Waals surface area contributed by atoms with Crippen molar-refractivity contribution in [1.82, 2.24) is 10.2 Å². The lowest BCUT2D eigenvalue weighted by Crippen LogP contribution is -2.49. The van der Waals surface area contributed by atoms with E-state index in [1.54, 1.807) is 4.90 Å². The maximum Gasteiger partial charge on any atom is 0.242 e. The molecule has 1 N–H and O–H groups in total. The van der Waals surface area contributed by atoms with Crippen LogP contribution in [0.5, 0.6) is 0 Å². The lowest BCUT2D eigenvalue weighted by Gasteiger charge is -2.30. The van der Waals surface area contributed by atoms with Crippen LogP contribution < -0.4 is 5.32 Å². The topological polar surface area (TPSA) is 49.4 Å². The zero-order valence-corrected chi connectivity index (χ0v) is 17.7. The Hall–Kier alpha value is -2.62. The van der Waals surface area contributed by atoms with Crippen LogP contribution in [0, 0.1) is 13.8 Å². The van der Waals surface area contributed by atoms with Gasteiger partial charge in [0.15, 0.2) is 0 Å². The van der Waals surface area contributed by atoms with Crippen molar-refractivity contribution in [1.29, 1.82) is 0 Å². The fraction of sp³-hybridized carbons (Fsp3) is 0.417. The molecule has 28 heavy (non-hydrogen) atoms. The zero-order chi connectivity index (χ0) is 20.7. The van der Waals surface area contributed by atoms with E-state index in [-0.39, 0.29) is 17.9 Å². The molecule has 0 aromatic heterocycles. The summed E-state index contributed by atoms with van der Waals surface area (Å²) in [5.41, 5.74) is 4.25. The van der Waals surface area contributed by atoms with Gasteiger partial charge in [-0.1, -0.05) is 61.0 Å². The van der Waals surface area contributed by atoms with E-state index in [4.69, 9.17) is 0 Å². The van der Waals surface area contributed by atoms with Crippen LogP contribution in [0.25, 0.3) is 0 Å². The van der Waals surface area contributed by atoms with Gasteiger partial charge in [-0.25, -0.2) is 0 Å². The summed E-state index contributed by atoms with van der Waals surface area (Å²) in [6, 6.07) is 15.5. The van der Waals surface area contributed by atoms with Gasteiger partial charge >= 0.3 is 0 Å². The summed E-state index contributed by atoms with van der Waals surface area (Å²) in [6.45, 7) is 10.3. The minimum atomic E-state index is -0.535. The number of nitrogens with one attached hydrogen (secondary N) is 1. The molecule has 4 heteroatoms. The highest BCUT2D eigenvalue weighted by Crippen LogP contribution is 2.16. The molecule has 2 atom stereocenters. The number of rotatable bonds is 8. The second kappa shape index (κ2) is 10.1. The molecule has 2 rings (SSSR count). The monoisotopic (exact) mass is 380 g/mol. The van der Waals surface area contributed by atoms with Gasteiger partial charge in [0.2, 0.25) is 11.8 Å². The normalized spacial score (nSPS) is 12.9. The summed E-state index contributed by atoms with van der Waals surface area (Å²) in [5, 5.41) is 3.00. The van der Waals surface area contributed by atoms with Crippen molar-refractivity contribution < 1.29 is 9.59 Å². The fourth-order valence-electron chi connectivity index (χ4n) is 3.08. The Morgan fingerprint density at radius 3 is 2.36 bits per heavy atom. The van der Waals surface area contributed by atoms with Crippen LogP contribution in [-0.2, 0) is 22.6 Å². The smallest absolute Gasteiger partial charge is 0.242 e. The van der Waals surface area contributed by atoms with Crippen molar-refractivity contribution in [2.75, 3.05) is 0 Å². The van der Waals surface area contributed by atoms with E-state index in [2.05, 4.69) is 11.4 Å². The first-order valence-electron chi connectivity index (χ1n) is 10.0. The van der Waals surface area contributed by atoms with Crippen LogP contribution in [0.15, 0.2) is 48.5 Å². The van der Waals surface area contributed by atoms with Gasteiger partial charge in [-0.05, 0) is 50.8 Å². The number of hydrogen-bond acceptors (Lipinski definition) is 2. The van der Waals surface area contributed by atoms with Crippen molar-refractivity contribution in [2.24, 2.45) is 0 Å². The Morgan fingerprint density at radius 1 is 1.04 bits per heavy atom. The molecule has 2 aromatic carbocycles. The SMILES string of the molecule is CC[C@@H](C)NC(=O)[C@H](C)N(Cc1ccccc1)C(=O)Cc1cc(C)ccc1C.